The minimum atomic E-state index is -0.220. The van der Waals surface area contributed by atoms with Gasteiger partial charge >= 0.3 is 0 Å². The van der Waals surface area contributed by atoms with Gasteiger partial charge in [0.05, 0.1) is 0 Å². The molecule has 0 unspecified atom stereocenters. The van der Waals surface area contributed by atoms with Crippen molar-refractivity contribution in [1.82, 2.24) is 0 Å². The summed E-state index contributed by atoms with van der Waals surface area (Å²) in [6, 6.07) is 18.2. The Kier molecular flexibility index (Phi) is 7.09. The zero-order valence-electron chi connectivity index (χ0n) is 15.8. The molecule has 1 aliphatic carbocycles. The van der Waals surface area contributed by atoms with Crippen LogP contribution in [0.4, 0.5) is 4.39 Å². The van der Waals surface area contributed by atoms with E-state index in [0.29, 0.717) is 0 Å². The van der Waals surface area contributed by atoms with Crippen LogP contribution in [-0.2, 0) is 0 Å². The molecule has 3 rings (SSSR count). The van der Waals surface area contributed by atoms with Crippen molar-refractivity contribution in [1.29, 1.82) is 0 Å². The fourth-order valence-electron chi connectivity index (χ4n) is 3.98. The van der Waals surface area contributed by atoms with Gasteiger partial charge in [-0.15, -0.1) is 0 Å². The lowest BCUT2D eigenvalue weighted by Gasteiger charge is -2.28. The molecule has 0 bridgehead atoms. The van der Waals surface area contributed by atoms with Gasteiger partial charge in [0.2, 0.25) is 0 Å². The quantitative estimate of drug-likeness (QED) is 0.351. The molecule has 0 radical (unpaired) electrons. The van der Waals surface area contributed by atoms with Gasteiger partial charge in [-0.1, -0.05) is 62.2 Å². The highest BCUT2D eigenvalue weighted by atomic mass is 28.2. The molecule has 2 aromatic rings. The van der Waals surface area contributed by atoms with Crippen LogP contribution < -0.4 is 0 Å². The summed E-state index contributed by atoms with van der Waals surface area (Å²) in [5.74, 6) is 7.82. The first-order chi connectivity index (χ1) is 12.7. The fourth-order valence-corrected chi connectivity index (χ4v) is 5.93. The van der Waals surface area contributed by atoms with Crippen LogP contribution >= 0.6 is 0 Å². The van der Waals surface area contributed by atoms with E-state index in [-0.39, 0.29) is 15.3 Å². The van der Waals surface area contributed by atoms with Gasteiger partial charge in [0, 0.05) is 20.6 Å². The SMILES string of the molecule is CCC[SiH2]CC1CCC(c2ccc(C#Cc3ccc(F)cc3)cc2)CC1. The maximum Gasteiger partial charge on any atom is 0.123 e. The Labute approximate surface area is 160 Å². The van der Waals surface area contributed by atoms with E-state index in [2.05, 4.69) is 43.0 Å². The first-order valence-corrected chi connectivity index (χ1v) is 12.1. The van der Waals surface area contributed by atoms with Gasteiger partial charge < -0.3 is 0 Å². The molecule has 0 heterocycles. The van der Waals surface area contributed by atoms with Crippen molar-refractivity contribution < 1.29 is 4.39 Å². The van der Waals surface area contributed by atoms with E-state index in [0.717, 1.165) is 23.0 Å². The summed E-state index contributed by atoms with van der Waals surface area (Å²) in [7, 11) is 0.215. The highest BCUT2D eigenvalue weighted by molar-refractivity contribution is 6.35. The summed E-state index contributed by atoms with van der Waals surface area (Å²) in [6.45, 7) is 2.32. The Balaban J connectivity index is 1.53. The van der Waals surface area contributed by atoms with Crippen LogP contribution in [0.25, 0.3) is 0 Å². The Bertz CT molecular complexity index is 729. The molecule has 0 N–H and O–H groups in total. The first-order valence-electron chi connectivity index (χ1n) is 10.1. The average Bonchev–Trinajstić information content (AvgIpc) is 2.69. The molecule has 0 amide bonds. The van der Waals surface area contributed by atoms with Gasteiger partial charge in [0.25, 0.3) is 0 Å². The smallest absolute Gasteiger partial charge is 0.123 e. The molecule has 0 aliphatic heterocycles. The fraction of sp³-hybridized carbons (Fsp3) is 0.417. The summed E-state index contributed by atoms with van der Waals surface area (Å²) < 4.78 is 12.9. The van der Waals surface area contributed by atoms with Crippen LogP contribution in [0.2, 0.25) is 12.1 Å². The van der Waals surface area contributed by atoms with Gasteiger partial charge in [-0.05, 0) is 66.6 Å². The van der Waals surface area contributed by atoms with Gasteiger partial charge in [0.1, 0.15) is 5.82 Å². The lowest BCUT2D eigenvalue weighted by molar-refractivity contribution is 0.347. The van der Waals surface area contributed by atoms with E-state index in [1.807, 2.05) is 0 Å². The van der Waals surface area contributed by atoms with Crippen LogP contribution in [0.1, 0.15) is 61.6 Å². The van der Waals surface area contributed by atoms with Crippen molar-refractivity contribution in [3.63, 3.8) is 0 Å². The topological polar surface area (TPSA) is 0 Å². The summed E-state index contributed by atoms with van der Waals surface area (Å²) in [4.78, 5) is 0. The molecule has 26 heavy (non-hydrogen) atoms. The van der Waals surface area contributed by atoms with E-state index < -0.39 is 0 Å². The zero-order chi connectivity index (χ0) is 18.2. The maximum atomic E-state index is 12.9. The van der Waals surface area contributed by atoms with Crippen molar-refractivity contribution >= 4 is 9.52 Å². The van der Waals surface area contributed by atoms with E-state index >= 15 is 0 Å². The van der Waals surface area contributed by atoms with E-state index in [4.69, 9.17) is 0 Å². The first kappa shape index (κ1) is 18.9. The number of halogens is 1. The number of rotatable bonds is 5. The summed E-state index contributed by atoms with van der Waals surface area (Å²) in [5.41, 5.74) is 3.35. The summed E-state index contributed by atoms with van der Waals surface area (Å²) >= 11 is 0. The Morgan fingerprint density at radius 2 is 1.46 bits per heavy atom. The minimum Gasteiger partial charge on any atom is -0.207 e. The van der Waals surface area contributed by atoms with Crippen LogP contribution in [0, 0.1) is 23.6 Å². The predicted molar refractivity (Wildman–Crippen MR) is 112 cm³/mol. The third-order valence-electron chi connectivity index (χ3n) is 5.64. The predicted octanol–water partition coefficient (Wildman–Crippen LogP) is 5.91. The van der Waals surface area contributed by atoms with Gasteiger partial charge in [-0.3, -0.25) is 0 Å². The lowest BCUT2D eigenvalue weighted by Crippen LogP contribution is -2.14. The normalized spacial score (nSPS) is 20.1. The molecular formula is C24H29FSi. The Morgan fingerprint density at radius 3 is 2.04 bits per heavy atom. The number of benzene rings is 2. The Morgan fingerprint density at radius 1 is 0.885 bits per heavy atom. The molecule has 0 atom stereocenters. The second-order valence-corrected chi connectivity index (χ2v) is 9.58. The van der Waals surface area contributed by atoms with Crippen molar-refractivity contribution in [2.24, 2.45) is 5.92 Å². The highest BCUT2D eigenvalue weighted by Crippen LogP contribution is 2.37. The molecule has 136 valence electrons. The largest absolute Gasteiger partial charge is 0.207 e. The van der Waals surface area contributed by atoms with Crippen LogP contribution in [0.3, 0.4) is 0 Å². The molecule has 2 heteroatoms. The van der Waals surface area contributed by atoms with Gasteiger partial charge in [0.15, 0.2) is 0 Å². The molecule has 0 nitrogen and oxygen atoms in total. The molecule has 1 fully saturated rings. The molecule has 0 saturated heterocycles. The van der Waals surface area contributed by atoms with Crippen LogP contribution in [0.5, 0.6) is 0 Å². The van der Waals surface area contributed by atoms with Gasteiger partial charge in [-0.2, -0.15) is 0 Å². The van der Waals surface area contributed by atoms with Crippen LogP contribution in [0.15, 0.2) is 48.5 Å². The minimum absolute atomic E-state index is 0.215. The van der Waals surface area contributed by atoms with E-state index in [1.54, 1.807) is 18.2 Å². The third-order valence-corrected chi connectivity index (χ3v) is 8.07. The van der Waals surface area contributed by atoms with Crippen molar-refractivity contribution in [2.75, 3.05) is 0 Å². The van der Waals surface area contributed by atoms with Crippen molar-refractivity contribution in [3.8, 4) is 11.8 Å². The highest BCUT2D eigenvalue weighted by Gasteiger charge is 2.21. The lowest BCUT2D eigenvalue weighted by atomic mass is 9.79. The molecule has 0 aromatic heterocycles. The summed E-state index contributed by atoms with van der Waals surface area (Å²) in [6.07, 6.45) is 6.94. The second kappa shape index (κ2) is 9.74. The standard InChI is InChI=1S/C24H29FSi/c1-2-17-26-18-21-7-13-23(14-8-21)22-11-5-19(6-12-22)3-4-20-9-15-24(25)16-10-20/h5-6,9-12,15-16,21,23H,2,7-8,13-14,17-18,26H2,1H3. The average molecular weight is 365 g/mol. The number of hydrogen-bond acceptors (Lipinski definition) is 0. The third kappa shape index (κ3) is 5.58. The monoisotopic (exact) mass is 364 g/mol. The molecule has 0 spiro atoms. The Hall–Kier alpha value is -1.85. The molecule has 2 aromatic carbocycles. The van der Waals surface area contributed by atoms with Crippen LogP contribution in [-0.4, -0.2) is 9.52 Å². The zero-order valence-corrected chi connectivity index (χ0v) is 17.2. The van der Waals surface area contributed by atoms with E-state index in [9.17, 15) is 4.39 Å². The van der Waals surface area contributed by atoms with Crippen molar-refractivity contribution in [3.05, 3.63) is 71.0 Å². The van der Waals surface area contributed by atoms with E-state index in [1.165, 1.54) is 55.8 Å². The maximum absolute atomic E-state index is 12.9. The number of hydrogen-bond donors (Lipinski definition) is 0. The summed E-state index contributed by atoms with van der Waals surface area (Å²) in [5, 5.41) is 0. The molecule has 1 saturated carbocycles. The van der Waals surface area contributed by atoms with Gasteiger partial charge in [-0.25, -0.2) is 4.39 Å². The second-order valence-electron chi connectivity index (χ2n) is 7.59. The van der Waals surface area contributed by atoms with Crippen molar-refractivity contribution in [2.45, 2.75) is 57.0 Å². The molecular weight excluding hydrogens is 335 g/mol. The molecule has 1 aliphatic rings.